The third-order valence-electron chi connectivity index (χ3n) is 28.2. The van der Waals surface area contributed by atoms with E-state index in [-0.39, 0.29) is 11.1 Å². The lowest BCUT2D eigenvalue weighted by Gasteiger charge is -2.47. The van der Waals surface area contributed by atoms with Gasteiger partial charge in [-0.1, -0.05) is 13.8 Å². The Balaban J connectivity index is 0.000000141. The van der Waals surface area contributed by atoms with Gasteiger partial charge in [0, 0.05) is 247 Å². The second-order valence-corrected chi connectivity index (χ2v) is 44.5. The van der Waals surface area contributed by atoms with Crippen LogP contribution in [-0.2, 0) is 14.3 Å². The highest BCUT2D eigenvalue weighted by atomic mass is 16.5. The van der Waals surface area contributed by atoms with Crippen molar-refractivity contribution >= 4 is 5.91 Å². The van der Waals surface area contributed by atoms with Gasteiger partial charge in [-0.3, -0.25) is 58.7 Å². The lowest BCUT2D eigenvalue weighted by Crippen LogP contribution is -2.58. The first-order valence-electron chi connectivity index (χ1n) is 44.1. The number of amides is 1. The van der Waals surface area contributed by atoms with Crippen LogP contribution in [0.2, 0.25) is 0 Å². The van der Waals surface area contributed by atoms with Gasteiger partial charge in [-0.25, -0.2) is 0 Å². The molecule has 0 spiro atoms. The van der Waals surface area contributed by atoms with Gasteiger partial charge in [-0.15, -0.1) is 0 Å². The van der Waals surface area contributed by atoms with Gasteiger partial charge in [0.2, 0.25) is 5.91 Å². The third-order valence-corrected chi connectivity index (χ3v) is 28.2. The van der Waals surface area contributed by atoms with Crippen LogP contribution in [0.25, 0.3) is 0 Å². The highest BCUT2D eigenvalue weighted by Gasteiger charge is 2.52. The highest BCUT2D eigenvalue weighted by molar-refractivity contribution is 5.76. The van der Waals surface area contributed by atoms with E-state index in [0.29, 0.717) is 69.7 Å². The van der Waals surface area contributed by atoms with Crippen molar-refractivity contribution in [2.45, 2.75) is 405 Å². The molecule has 16 unspecified atom stereocenters. The molecule has 16 atom stereocenters. The molecule has 16 aliphatic rings. The molecular weight excluding hydrogens is 1330 g/mol. The average molecular weight is 1500 g/mol. The molecule has 16 rings (SSSR count). The number of likely N-dealkylation sites (N-methyl/N-ethyl adjacent to an activating group) is 3. The van der Waals surface area contributed by atoms with E-state index in [1.807, 2.05) is 6.92 Å². The summed E-state index contributed by atoms with van der Waals surface area (Å²) in [6, 6.07) is 11.3. The molecule has 0 aromatic rings. The van der Waals surface area contributed by atoms with E-state index >= 15 is 0 Å². The van der Waals surface area contributed by atoms with Crippen LogP contribution in [0.15, 0.2) is 12.5 Å². The number of methoxy groups -OCH3 is 1. The van der Waals surface area contributed by atoms with Gasteiger partial charge in [-0.05, 0) is 290 Å². The van der Waals surface area contributed by atoms with Crippen molar-refractivity contribution in [2.24, 2.45) is 5.92 Å². The first-order chi connectivity index (χ1) is 49.5. The molecule has 15 saturated heterocycles. The zero-order valence-electron chi connectivity index (χ0n) is 75.6. The van der Waals surface area contributed by atoms with E-state index in [2.05, 4.69) is 275 Å². The fraction of sp³-hybridized carbons (Fsp3) is 0.966. The molecule has 1 amide bonds. The van der Waals surface area contributed by atoms with Crippen molar-refractivity contribution in [2.75, 3.05) is 146 Å². The maximum atomic E-state index is 11.7. The predicted octanol–water partition coefficient (Wildman–Crippen LogP) is 12.5. The SMILES string of the molecule is C=C1NC2CC(CO1)N(C(C)(C)C)C2.CC(C)(C)N1CC2CCC1C2.CCC(=O)N1CC2CC1CN2C(C)(C)C.CCCN1CC2CC1CN2C(C)(C)C.CN1C2CCC1CN(C(C)(C)C)C2.CN1CC2CC1CN2C(C)(C)C.CN1CC2CCC(C1)N2C(C)(C)C.COCCN1CC2CC1CN2C(C)(C)C. The number of ether oxygens (including phenoxy) is 2. The smallest absolute Gasteiger partial charge is 0.222 e. The van der Waals surface area contributed by atoms with Gasteiger partial charge >= 0.3 is 0 Å². The third kappa shape index (κ3) is 22.7. The maximum Gasteiger partial charge on any atom is 0.222 e. The summed E-state index contributed by atoms with van der Waals surface area (Å²) in [5.41, 5.74) is 2.73. The average Bonchev–Trinajstić information content (AvgIpc) is 1.63. The van der Waals surface area contributed by atoms with Crippen LogP contribution in [-0.4, -0.2) is 356 Å². The molecule has 16 fully saturated rings. The number of nitrogens with one attached hydrogen (secondary N) is 1. The fourth-order valence-electron chi connectivity index (χ4n) is 23.0. The summed E-state index contributed by atoms with van der Waals surface area (Å²) in [5.74, 6) is 2.11. The molecule has 16 bridgehead atoms. The number of fused-ring (bicyclic) bond motifs is 16. The van der Waals surface area contributed by atoms with Crippen molar-refractivity contribution in [3.8, 4) is 0 Å². The van der Waals surface area contributed by atoms with Crippen LogP contribution < -0.4 is 5.32 Å². The summed E-state index contributed by atoms with van der Waals surface area (Å²) >= 11 is 0. The van der Waals surface area contributed by atoms with Gasteiger partial charge in [0.1, 0.15) is 6.61 Å². The van der Waals surface area contributed by atoms with Gasteiger partial charge in [0.15, 0.2) is 5.88 Å². The number of hydrogen-bond acceptors (Lipinski definition) is 17. The van der Waals surface area contributed by atoms with Crippen LogP contribution in [0.1, 0.15) is 270 Å². The Morgan fingerprint density at radius 2 is 0.832 bits per heavy atom. The molecular formula is C89H173N15O3. The van der Waals surface area contributed by atoms with Crippen molar-refractivity contribution < 1.29 is 14.3 Å². The van der Waals surface area contributed by atoms with E-state index in [0.717, 1.165) is 118 Å². The second-order valence-electron chi connectivity index (χ2n) is 44.5. The van der Waals surface area contributed by atoms with E-state index in [4.69, 9.17) is 9.47 Å². The number of rotatable bonds is 6. The molecule has 1 aliphatic carbocycles. The first-order valence-corrected chi connectivity index (χ1v) is 44.1. The summed E-state index contributed by atoms with van der Waals surface area (Å²) in [6.45, 7) is 85.0. The molecule has 15 heterocycles. The van der Waals surface area contributed by atoms with Crippen molar-refractivity contribution in [1.29, 1.82) is 0 Å². The molecule has 0 aromatic heterocycles. The Kier molecular flexibility index (Phi) is 29.5. The summed E-state index contributed by atoms with van der Waals surface area (Å²) in [4.78, 5) is 47.8. The second kappa shape index (κ2) is 35.4. The Morgan fingerprint density at radius 1 is 0.411 bits per heavy atom. The van der Waals surface area contributed by atoms with Crippen LogP contribution in [0.5, 0.6) is 0 Å². The lowest BCUT2D eigenvalue weighted by atomic mass is 10.0. The minimum atomic E-state index is 0.239. The Morgan fingerprint density at radius 3 is 1.20 bits per heavy atom. The van der Waals surface area contributed by atoms with Gasteiger partial charge in [-0.2, -0.15) is 0 Å². The van der Waals surface area contributed by atoms with Crippen molar-refractivity contribution in [3.63, 3.8) is 0 Å². The van der Waals surface area contributed by atoms with E-state index in [1.165, 1.54) is 162 Å². The lowest BCUT2D eigenvalue weighted by molar-refractivity contribution is -0.133. The van der Waals surface area contributed by atoms with E-state index in [1.54, 1.807) is 7.11 Å². The summed E-state index contributed by atoms with van der Waals surface area (Å²) in [7, 11) is 8.59. The Hall–Kier alpha value is -1.75. The summed E-state index contributed by atoms with van der Waals surface area (Å²) < 4.78 is 10.7. The zero-order chi connectivity index (χ0) is 79.2. The van der Waals surface area contributed by atoms with Crippen LogP contribution >= 0.6 is 0 Å². The molecule has 0 aromatic carbocycles. The number of hydrogen-bond donors (Lipinski definition) is 1. The monoisotopic (exact) mass is 1500 g/mol. The topological polar surface area (TPSA) is 92.9 Å². The predicted molar refractivity (Wildman–Crippen MR) is 451 cm³/mol. The quantitative estimate of drug-likeness (QED) is 0.273. The Labute approximate surface area is 660 Å². The van der Waals surface area contributed by atoms with Gasteiger partial charge < -0.3 is 29.5 Å². The van der Waals surface area contributed by atoms with Crippen LogP contribution in [0.4, 0.5) is 0 Å². The zero-order valence-corrected chi connectivity index (χ0v) is 75.6. The number of nitrogens with zero attached hydrogens (tertiary/aromatic N) is 14. The van der Waals surface area contributed by atoms with Gasteiger partial charge in [0.25, 0.3) is 0 Å². The molecule has 0 radical (unpaired) electrons. The number of carbonyl (C=O) groups excluding carboxylic acids is 1. The Bertz CT molecular complexity index is 2750. The normalized spacial score (nSPS) is 35.0. The molecule has 18 nitrogen and oxygen atoms in total. The largest absolute Gasteiger partial charge is 0.478 e. The highest BCUT2D eigenvalue weighted by Crippen LogP contribution is 2.43. The minimum Gasteiger partial charge on any atom is -0.478 e. The molecule has 107 heavy (non-hydrogen) atoms. The number of piperazine rings is 6. The number of likely N-dealkylation sites (tertiary alicyclic amines) is 12. The fourth-order valence-corrected chi connectivity index (χ4v) is 23.0. The standard InChI is InChI=1S/C12H24N2O.C12H22N2O.C12H24N2.C11H20N2O.2C11H22N2.C10H20N2.C10H19N/c1-12(2,3)14-9-10-7-11(14)8-13(10)5-6-15-4;1-5-11(15)13-7-10-6-9(13)8-14(10)12(2,3)4;1-5-6-13-8-11-7-10(13)9-14(11)12(2,3)4;1-8-12-9-5-10(7-14-8)13(6-9)11(2,3)4;1-11(2,3)13-7-9-5-6-10(8-13)12(9)4;1-11(2,3)13-9-5-6-10(13)8-12(4)7-9;1-10(2,3)12-7-8-5-9(12)6-11(8)4;1-10(2,3)11-7-8-4-5-9(11)6-8/h10-11H,5-9H2,1-4H3;9-10H,5-8H2,1-4H3;10-11H,5-9H2,1-4H3;9-10,12H,1,5-7H2,2-4H3;2*9-10H,5-8H2,1-4H3;8-9H,5-7H2,1-4H3;8-9H,4-7H2,1-3H3. The molecule has 622 valence electrons. The van der Waals surface area contributed by atoms with Crippen molar-refractivity contribution in [3.05, 3.63) is 12.5 Å². The van der Waals surface area contributed by atoms with E-state index < -0.39 is 0 Å². The van der Waals surface area contributed by atoms with Crippen LogP contribution in [0.3, 0.4) is 0 Å². The number of carbonyl (C=O) groups is 1. The minimum absolute atomic E-state index is 0.239. The first kappa shape index (κ1) is 89.2. The molecule has 18 heteroatoms. The maximum absolute atomic E-state index is 11.7. The molecule has 15 aliphatic heterocycles. The van der Waals surface area contributed by atoms with Crippen molar-refractivity contribution in [1.82, 2.24) is 73.9 Å². The van der Waals surface area contributed by atoms with Gasteiger partial charge in [0.05, 0.1) is 6.61 Å². The van der Waals surface area contributed by atoms with E-state index in [9.17, 15) is 4.79 Å². The van der Waals surface area contributed by atoms with Crippen LogP contribution in [0, 0.1) is 5.92 Å². The molecule has 1 N–H and O–H groups in total. The summed E-state index contributed by atoms with van der Waals surface area (Å²) in [6.07, 6.45) is 18.6. The molecule has 1 saturated carbocycles. The summed E-state index contributed by atoms with van der Waals surface area (Å²) in [5, 5.41) is 3.31. The number of piperidine rings is 1.